The van der Waals surface area contributed by atoms with Crippen LogP contribution in [0.4, 0.5) is 0 Å². The quantitative estimate of drug-likeness (QED) is 0.805. The van der Waals surface area contributed by atoms with Crippen molar-refractivity contribution in [1.82, 2.24) is 0 Å². The summed E-state index contributed by atoms with van der Waals surface area (Å²) in [6.45, 7) is 4.89. The van der Waals surface area contributed by atoms with Gasteiger partial charge in [-0.25, -0.2) is 0 Å². The van der Waals surface area contributed by atoms with Crippen molar-refractivity contribution in [3.63, 3.8) is 0 Å². The molecule has 5 atom stereocenters. The highest BCUT2D eigenvalue weighted by Crippen LogP contribution is 2.34. The fourth-order valence-electron chi connectivity index (χ4n) is 3.09. The lowest BCUT2D eigenvalue weighted by Gasteiger charge is -2.43. The smallest absolute Gasteiger partial charge is 0.110 e. The Kier molecular flexibility index (Phi) is 4.83. The van der Waals surface area contributed by atoms with Crippen LogP contribution in [0.3, 0.4) is 0 Å². The molecule has 3 nitrogen and oxygen atoms in total. The molecule has 3 heteroatoms. The van der Waals surface area contributed by atoms with Crippen molar-refractivity contribution in [2.45, 2.75) is 76.8 Å². The van der Waals surface area contributed by atoms with Crippen molar-refractivity contribution in [1.29, 1.82) is 0 Å². The van der Waals surface area contributed by atoms with E-state index in [0.29, 0.717) is 12.7 Å². The zero-order valence-corrected chi connectivity index (χ0v) is 11.1. The molecule has 2 saturated carbocycles. The SMILES string of the molecule is CCOC1C(O)CC1OC1CCCC(CC)C1. The maximum atomic E-state index is 9.63. The first-order valence-corrected chi connectivity index (χ1v) is 7.19. The molecule has 100 valence electrons. The predicted molar refractivity (Wildman–Crippen MR) is 66.9 cm³/mol. The third-order valence-electron chi connectivity index (χ3n) is 4.26. The maximum Gasteiger partial charge on any atom is 0.110 e. The highest BCUT2D eigenvalue weighted by atomic mass is 16.6. The Balaban J connectivity index is 1.76. The number of hydrogen-bond acceptors (Lipinski definition) is 3. The summed E-state index contributed by atoms with van der Waals surface area (Å²) >= 11 is 0. The Hall–Kier alpha value is -0.120. The lowest BCUT2D eigenvalue weighted by molar-refractivity contribution is -0.210. The zero-order chi connectivity index (χ0) is 12.3. The number of aliphatic hydroxyl groups is 1. The van der Waals surface area contributed by atoms with E-state index < -0.39 is 0 Å². The molecule has 0 aromatic heterocycles. The summed E-state index contributed by atoms with van der Waals surface area (Å²) in [7, 11) is 0. The first-order chi connectivity index (χ1) is 8.24. The first kappa shape index (κ1) is 13.3. The summed E-state index contributed by atoms with van der Waals surface area (Å²) < 4.78 is 11.6. The largest absolute Gasteiger partial charge is 0.390 e. The molecule has 2 fully saturated rings. The van der Waals surface area contributed by atoms with Crippen molar-refractivity contribution in [3.8, 4) is 0 Å². The number of rotatable bonds is 5. The minimum atomic E-state index is -0.314. The molecule has 0 spiro atoms. The minimum Gasteiger partial charge on any atom is -0.390 e. The summed E-state index contributed by atoms with van der Waals surface area (Å²) in [6.07, 6.45) is 7.17. The molecule has 0 amide bonds. The average Bonchev–Trinajstić information content (AvgIpc) is 2.36. The molecule has 0 heterocycles. The van der Waals surface area contributed by atoms with Gasteiger partial charge in [0.05, 0.1) is 18.3 Å². The van der Waals surface area contributed by atoms with Crippen LogP contribution in [0.25, 0.3) is 0 Å². The van der Waals surface area contributed by atoms with Crippen molar-refractivity contribution in [2.75, 3.05) is 6.61 Å². The molecule has 2 aliphatic carbocycles. The van der Waals surface area contributed by atoms with Gasteiger partial charge in [-0.15, -0.1) is 0 Å². The van der Waals surface area contributed by atoms with E-state index in [9.17, 15) is 5.11 Å². The van der Waals surface area contributed by atoms with Crippen LogP contribution in [0.2, 0.25) is 0 Å². The number of aliphatic hydroxyl groups excluding tert-OH is 1. The molecular formula is C14H26O3. The summed E-state index contributed by atoms with van der Waals surface area (Å²) in [5, 5.41) is 9.63. The van der Waals surface area contributed by atoms with E-state index in [1.807, 2.05) is 6.92 Å². The Morgan fingerprint density at radius 1 is 1.18 bits per heavy atom. The molecule has 17 heavy (non-hydrogen) atoms. The second-order valence-electron chi connectivity index (χ2n) is 5.46. The van der Waals surface area contributed by atoms with E-state index >= 15 is 0 Å². The Morgan fingerprint density at radius 2 is 2.00 bits per heavy atom. The number of hydrogen-bond donors (Lipinski definition) is 1. The topological polar surface area (TPSA) is 38.7 Å². The molecule has 2 rings (SSSR count). The predicted octanol–water partition coefficient (Wildman–Crippen LogP) is 2.51. The maximum absolute atomic E-state index is 9.63. The lowest BCUT2D eigenvalue weighted by atomic mass is 9.84. The van der Waals surface area contributed by atoms with Gasteiger partial charge in [0.2, 0.25) is 0 Å². The van der Waals surface area contributed by atoms with Crippen LogP contribution in [0.5, 0.6) is 0 Å². The van der Waals surface area contributed by atoms with Gasteiger partial charge in [0.15, 0.2) is 0 Å². The van der Waals surface area contributed by atoms with Gasteiger partial charge in [-0.2, -0.15) is 0 Å². The fourth-order valence-corrected chi connectivity index (χ4v) is 3.09. The average molecular weight is 242 g/mol. The summed E-state index contributed by atoms with van der Waals surface area (Å²) in [6, 6.07) is 0. The third-order valence-corrected chi connectivity index (χ3v) is 4.26. The first-order valence-electron chi connectivity index (χ1n) is 7.19. The third kappa shape index (κ3) is 3.21. The van der Waals surface area contributed by atoms with E-state index in [-0.39, 0.29) is 18.3 Å². The van der Waals surface area contributed by atoms with Gasteiger partial charge < -0.3 is 14.6 Å². The van der Waals surface area contributed by atoms with Gasteiger partial charge in [0.25, 0.3) is 0 Å². The molecule has 0 radical (unpaired) electrons. The van der Waals surface area contributed by atoms with Gasteiger partial charge in [-0.3, -0.25) is 0 Å². The monoisotopic (exact) mass is 242 g/mol. The summed E-state index contributed by atoms with van der Waals surface area (Å²) in [5.74, 6) is 0.837. The lowest BCUT2D eigenvalue weighted by Crippen LogP contribution is -2.55. The van der Waals surface area contributed by atoms with Crippen molar-refractivity contribution >= 4 is 0 Å². The second kappa shape index (κ2) is 6.17. The molecular weight excluding hydrogens is 216 g/mol. The van der Waals surface area contributed by atoms with Crippen molar-refractivity contribution < 1.29 is 14.6 Å². The molecule has 5 unspecified atom stereocenters. The minimum absolute atomic E-state index is 0.0815. The Labute approximate surface area is 104 Å². The van der Waals surface area contributed by atoms with Crippen LogP contribution >= 0.6 is 0 Å². The highest BCUT2D eigenvalue weighted by Gasteiger charge is 2.43. The molecule has 1 N–H and O–H groups in total. The summed E-state index contributed by atoms with van der Waals surface area (Å²) in [5.41, 5.74) is 0. The van der Waals surface area contributed by atoms with Crippen LogP contribution < -0.4 is 0 Å². The standard InChI is InChI=1S/C14H26O3/c1-3-10-6-5-7-11(8-10)17-13-9-12(15)14(13)16-4-2/h10-15H,3-9H2,1-2H3. The van der Waals surface area contributed by atoms with Gasteiger partial charge >= 0.3 is 0 Å². The molecule has 2 aliphatic rings. The van der Waals surface area contributed by atoms with E-state index in [0.717, 1.165) is 12.3 Å². The van der Waals surface area contributed by atoms with Crippen molar-refractivity contribution in [3.05, 3.63) is 0 Å². The normalized spacial score (nSPS) is 42.2. The van der Waals surface area contributed by atoms with E-state index in [1.165, 1.54) is 32.1 Å². The Morgan fingerprint density at radius 3 is 2.65 bits per heavy atom. The van der Waals surface area contributed by atoms with Crippen LogP contribution in [0, 0.1) is 5.92 Å². The molecule has 0 aliphatic heterocycles. The zero-order valence-electron chi connectivity index (χ0n) is 11.1. The van der Waals surface area contributed by atoms with Crippen LogP contribution in [0.15, 0.2) is 0 Å². The van der Waals surface area contributed by atoms with E-state index in [2.05, 4.69) is 6.92 Å². The van der Waals surface area contributed by atoms with Gasteiger partial charge in [-0.1, -0.05) is 26.2 Å². The van der Waals surface area contributed by atoms with Gasteiger partial charge in [0.1, 0.15) is 6.10 Å². The fraction of sp³-hybridized carbons (Fsp3) is 1.00. The Bertz CT molecular complexity index is 230. The molecule has 0 saturated heterocycles. The van der Waals surface area contributed by atoms with Crippen LogP contribution in [0.1, 0.15) is 52.4 Å². The van der Waals surface area contributed by atoms with E-state index in [1.54, 1.807) is 0 Å². The van der Waals surface area contributed by atoms with Gasteiger partial charge in [0, 0.05) is 13.0 Å². The molecule has 0 aromatic carbocycles. The number of ether oxygens (including phenoxy) is 2. The van der Waals surface area contributed by atoms with E-state index in [4.69, 9.17) is 9.47 Å². The van der Waals surface area contributed by atoms with Crippen LogP contribution in [-0.2, 0) is 9.47 Å². The second-order valence-corrected chi connectivity index (χ2v) is 5.46. The highest BCUT2D eigenvalue weighted by molar-refractivity contribution is 4.93. The molecule has 0 bridgehead atoms. The van der Waals surface area contributed by atoms with Crippen molar-refractivity contribution in [2.24, 2.45) is 5.92 Å². The van der Waals surface area contributed by atoms with Gasteiger partial charge in [-0.05, 0) is 25.7 Å². The molecule has 0 aromatic rings. The summed E-state index contributed by atoms with van der Waals surface area (Å²) in [4.78, 5) is 0. The van der Waals surface area contributed by atoms with Crippen LogP contribution in [-0.4, -0.2) is 36.1 Å².